The number of Topliss-reactive ketones (excluding diaryl/α,β-unsaturated/α-hetero) is 1. The fraction of sp³-hybridized carbons (Fsp3) is 0.424. The Balaban J connectivity index is 0.000000630. The number of ketones is 1. The van der Waals surface area contributed by atoms with E-state index in [1.807, 2.05) is 62.4 Å². The first kappa shape index (κ1) is 66.8. The van der Waals surface area contributed by atoms with Gasteiger partial charge in [-0.3, -0.25) is 14.4 Å². The number of carboxylic acids is 1. The van der Waals surface area contributed by atoms with Crippen molar-refractivity contribution in [2.45, 2.75) is 131 Å². The van der Waals surface area contributed by atoms with E-state index >= 15 is 0 Å². The summed E-state index contributed by atoms with van der Waals surface area (Å²) in [6.07, 6.45) is 8.48. The normalized spacial score (nSPS) is 12.7. The van der Waals surface area contributed by atoms with Gasteiger partial charge in [0.1, 0.15) is 28.7 Å². The van der Waals surface area contributed by atoms with Crippen molar-refractivity contribution >= 4 is 59.5 Å². The molecule has 0 aromatic heterocycles. The van der Waals surface area contributed by atoms with Crippen molar-refractivity contribution in [3.63, 3.8) is 0 Å². The summed E-state index contributed by atoms with van der Waals surface area (Å²) in [6, 6.07) is 32.7. The molecule has 4 atom stereocenters. The molecule has 4 aromatic rings. The number of ether oxygens (including phenoxy) is 4. The highest BCUT2D eigenvalue weighted by atomic mass is 35.5. The Kier molecular flexibility index (Phi) is 30.3. The van der Waals surface area contributed by atoms with Gasteiger partial charge in [0.25, 0.3) is 0 Å². The number of rotatable bonds is 22. The highest BCUT2D eigenvalue weighted by Gasteiger charge is 2.29. The largest absolute Gasteiger partial charge is 0.497 e. The highest BCUT2D eigenvalue weighted by Crippen LogP contribution is 2.21. The number of anilines is 2. The lowest BCUT2D eigenvalue weighted by molar-refractivity contribution is -0.140. The van der Waals surface area contributed by atoms with Crippen molar-refractivity contribution in [2.75, 3.05) is 24.9 Å². The summed E-state index contributed by atoms with van der Waals surface area (Å²) < 4.78 is 20.5. The van der Waals surface area contributed by atoms with Gasteiger partial charge in [0.2, 0.25) is 11.8 Å². The van der Waals surface area contributed by atoms with Crippen LogP contribution in [0, 0.1) is 17.8 Å². The zero-order valence-corrected chi connectivity index (χ0v) is 47.0. The van der Waals surface area contributed by atoms with Crippen LogP contribution in [-0.2, 0) is 41.5 Å². The molecule has 17 heteroatoms. The number of carboxylic acid groups (broad SMARTS) is 1. The second-order valence-electron chi connectivity index (χ2n) is 20.4. The molecule has 416 valence electrons. The molecule has 16 nitrogen and oxygen atoms in total. The van der Waals surface area contributed by atoms with E-state index < -0.39 is 41.4 Å². The van der Waals surface area contributed by atoms with Gasteiger partial charge in [0, 0.05) is 29.9 Å². The van der Waals surface area contributed by atoms with Crippen molar-refractivity contribution in [2.24, 2.45) is 23.5 Å². The second-order valence-corrected chi connectivity index (χ2v) is 20.4. The molecular weight excluding hydrogens is 990 g/mol. The topological polar surface area (TPSA) is 234 Å². The van der Waals surface area contributed by atoms with Crippen LogP contribution in [0.5, 0.6) is 11.5 Å². The van der Waals surface area contributed by atoms with Gasteiger partial charge >= 0.3 is 18.2 Å². The predicted octanol–water partition coefficient (Wildman–Crippen LogP) is 11.1. The summed E-state index contributed by atoms with van der Waals surface area (Å²) in [5, 5.41) is 19.5. The number of methoxy groups -OCH3 is 2. The SMILES string of the molecule is CC(C)[C@H](NC(=O)OC(C)(C)C)C(=O)O.COc1ccc(NC(=O)/C=C/[C@@H](N)CCc2ccccc2)cc1.COc1ccc(NC(=O)/C=C/[C@H](CCc2ccccc2)CC(=O)[C@@H](NC(=O)OC(C)(C)C)C(C)C)cc1.Cl. The molecule has 7 N–H and O–H groups in total. The number of allylic oxidation sites excluding steroid dienone is 1. The zero-order valence-electron chi connectivity index (χ0n) is 46.2. The molecule has 4 rings (SSSR count). The Labute approximate surface area is 456 Å². The van der Waals surface area contributed by atoms with Crippen LogP contribution in [0.4, 0.5) is 21.0 Å². The van der Waals surface area contributed by atoms with Gasteiger partial charge in [-0.05, 0) is 151 Å². The quantitative estimate of drug-likeness (QED) is 0.0404. The van der Waals surface area contributed by atoms with Crippen LogP contribution in [0.25, 0.3) is 0 Å². The minimum atomic E-state index is -1.06. The van der Waals surface area contributed by atoms with Crippen molar-refractivity contribution in [3.8, 4) is 11.5 Å². The molecule has 0 saturated carbocycles. The first-order chi connectivity index (χ1) is 35.3. The van der Waals surface area contributed by atoms with Gasteiger partial charge in [0.05, 0.1) is 20.3 Å². The summed E-state index contributed by atoms with van der Waals surface area (Å²) >= 11 is 0. The van der Waals surface area contributed by atoms with E-state index in [1.54, 1.807) is 130 Å². The van der Waals surface area contributed by atoms with E-state index in [-0.39, 0.29) is 60.2 Å². The molecule has 76 heavy (non-hydrogen) atoms. The molecule has 0 aliphatic rings. The van der Waals surface area contributed by atoms with E-state index in [4.69, 9.17) is 29.8 Å². The lowest BCUT2D eigenvalue weighted by Crippen LogP contribution is -2.46. The van der Waals surface area contributed by atoms with Gasteiger partial charge in [-0.15, -0.1) is 12.4 Å². The third-order valence-corrected chi connectivity index (χ3v) is 10.7. The lowest BCUT2D eigenvalue weighted by Gasteiger charge is -2.26. The first-order valence-corrected chi connectivity index (χ1v) is 25.1. The number of alkyl carbamates (subject to hydrolysis) is 2. The van der Waals surface area contributed by atoms with E-state index in [2.05, 4.69) is 33.4 Å². The lowest BCUT2D eigenvalue weighted by atomic mass is 9.89. The zero-order chi connectivity index (χ0) is 56.1. The third kappa shape index (κ3) is 29.7. The number of benzene rings is 4. The van der Waals surface area contributed by atoms with E-state index in [0.717, 1.165) is 36.3 Å². The van der Waals surface area contributed by atoms with Crippen LogP contribution in [-0.4, -0.2) is 84.4 Å². The Hall–Kier alpha value is -7.17. The van der Waals surface area contributed by atoms with Crippen molar-refractivity contribution in [3.05, 3.63) is 145 Å². The van der Waals surface area contributed by atoms with Crippen LogP contribution in [0.1, 0.15) is 99.6 Å². The Bertz CT molecular complexity index is 2420. The molecule has 4 amide bonds. The van der Waals surface area contributed by atoms with Crippen molar-refractivity contribution < 1.29 is 52.8 Å². The molecule has 0 fully saturated rings. The fourth-order valence-electron chi connectivity index (χ4n) is 6.88. The summed E-state index contributed by atoms with van der Waals surface area (Å²) in [5.41, 5.74) is 8.51. The Morgan fingerprint density at radius 3 is 1.32 bits per heavy atom. The van der Waals surface area contributed by atoms with Crippen LogP contribution in [0.3, 0.4) is 0 Å². The standard InChI is InChI=1S/C30H40N2O5.C19H22N2O2.C10H19NO4.ClH/c1-21(2)28(32-29(35)37-30(3,4)5)26(33)20-23(13-12-22-10-8-7-9-11-22)14-19-27(34)31-24-15-17-25(36-6)18-16-24;1-23-18-12-10-17(11-13-18)21-19(22)14-9-16(20)8-7-15-5-3-2-4-6-15;1-6(2)7(8(12)13)11-9(14)15-10(3,4)5;/h7-11,14-19,21,23,28H,12-13,20H2,1-6H3,(H,31,34)(H,32,35);2-6,9-14,16H,7-8,20H2,1H3,(H,21,22);6-7H,1-5H3,(H,11,14)(H,12,13);1H/b19-14+;14-9+;;/t23-,28-;16-;7-;/m000./s1. The number of halogens is 1. The molecule has 0 aliphatic heterocycles. The summed E-state index contributed by atoms with van der Waals surface area (Å²) in [6.45, 7) is 17.7. The maximum absolute atomic E-state index is 13.3. The molecule has 0 aliphatic carbocycles. The third-order valence-electron chi connectivity index (χ3n) is 10.7. The number of aliphatic carboxylic acids is 1. The maximum atomic E-state index is 13.3. The summed E-state index contributed by atoms with van der Waals surface area (Å²) in [7, 11) is 3.19. The molecule has 0 unspecified atom stereocenters. The molecule has 0 heterocycles. The van der Waals surface area contributed by atoms with E-state index in [0.29, 0.717) is 17.9 Å². The van der Waals surface area contributed by atoms with Crippen LogP contribution in [0.2, 0.25) is 0 Å². The number of nitrogens with two attached hydrogens (primary N) is 1. The van der Waals surface area contributed by atoms with Gasteiger partial charge in [-0.25, -0.2) is 14.4 Å². The van der Waals surface area contributed by atoms with Gasteiger partial charge in [-0.2, -0.15) is 0 Å². The molecule has 0 saturated heterocycles. The monoisotopic (exact) mass is 1070 g/mol. The number of nitrogens with one attached hydrogen (secondary N) is 4. The average molecular weight is 1070 g/mol. The van der Waals surface area contributed by atoms with Gasteiger partial charge in [-0.1, -0.05) is 101 Å². The molecule has 0 spiro atoms. The number of aryl methyl sites for hydroxylation is 2. The highest BCUT2D eigenvalue weighted by molar-refractivity contribution is 6.00. The smallest absolute Gasteiger partial charge is 0.408 e. The van der Waals surface area contributed by atoms with Gasteiger partial charge < -0.3 is 51.1 Å². The van der Waals surface area contributed by atoms with Crippen LogP contribution in [0.15, 0.2) is 133 Å². The minimum absolute atomic E-state index is 0. The number of carbonyl (C=O) groups is 6. The fourth-order valence-corrected chi connectivity index (χ4v) is 6.88. The predicted molar refractivity (Wildman–Crippen MR) is 303 cm³/mol. The van der Waals surface area contributed by atoms with Crippen molar-refractivity contribution in [1.29, 1.82) is 0 Å². The molecule has 0 bridgehead atoms. The summed E-state index contributed by atoms with van der Waals surface area (Å²) in [5.74, 6) is -0.660. The Morgan fingerprint density at radius 1 is 0.566 bits per heavy atom. The molecular formula is C59H82ClN5O11. The van der Waals surface area contributed by atoms with E-state index in [9.17, 15) is 28.8 Å². The molecule has 0 radical (unpaired) electrons. The van der Waals surface area contributed by atoms with Crippen LogP contribution < -0.4 is 36.5 Å². The number of hydrogen-bond acceptors (Lipinski definition) is 11. The number of carbonyl (C=O) groups excluding carboxylic acids is 5. The maximum Gasteiger partial charge on any atom is 0.408 e. The second kappa shape index (κ2) is 34.4. The Morgan fingerprint density at radius 2 is 0.947 bits per heavy atom. The van der Waals surface area contributed by atoms with Gasteiger partial charge in [0.15, 0.2) is 5.78 Å². The van der Waals surface area contributed by atoms with Crippen molar-refractivity contribution in [1.82, 2.24) is 10.6 Å². The number of hydrogen-bond donors (Lipinski definition) is 6. The first-order valence-electron chi connectivity index (χ1n) is 25.1. The van der Waals surface area contributed by atoms with E-state index in [1.165, 1.54) is 17.7 Å². The average Bonchev–Trinajstić information content (AvgIpc) is 3.34. The summed E-state index contributed by atoms with van der Waals surface area (Å²) in [4.78, 5) is 72.1. The van der Waals surface area contributed by atoms with Crippen LogP contribution >= 0.6 is 12.4 Å². The molecule has 4 aromatic carbocycles. The number of amides is 4. The minimum Gasteiger partial charge on any atom is -0.497 e.